The van der Waals surface area contributed by atoms with Crippen LogP contribution < -0.4 is 5.32 Å². The summed E-state index contributed by atoms with van der Waals surface area (Å²) in [6.07, 6.45) is 0.857. The van der Waals surface area contributed by atoms with E-state index < -0.39 is 0 Å². The molecule has 0 aliphatic carbocycles. The lowest BCUT2D eigenvalue weighted by molar-refractivity contribution is 0.663. The molecule has 0 aliphatic rings. The molecule has 0 radical (unpaired) electrons. The van der Waals surface area contributed by atoms with Crippen LogP contribution in [0.15, 0.2) is 9.72 Å². The van der Waals surface area contributed by atoms with Crippen molar-refractivity contribution in [2.45, 2.75) is 23.7 Å². The third-order valence-electron chi connectivity index (χ3n) is 1.73. The maximum absolute atomic E-state index is 8.69. The summed E-state index contributed by atoms with van der Waals surface area (Å²) in [5.41, 5.74) is 1.07. The molecule has 0 saturated heterocycles. The van der Waals surface area contributed by atoms with E-state index in [1.807, 2.05) is 19.4 Å². The topological polar surface area (TPSA) is 48.7 Å². The molecular weight excluding hydrogens is 214 g/mol. The number of nitrogens with zero attached hydrogens (tertiary/aromatic N) is 2. The van der Waals surface area contributed by atoms with Crippen LogP contribution in [0.5, 0.6) is 0 Å². The van der Waals surface area contributed by atoms with Crippen molar-refractivity contribution in [3.8, 4) is 6.07 Å². The van der Waals surface area contributed by atoms with E-state index in [-0.39, 0.29) is 6.04 Å². The van der Waals surface area contributed by atoms with E-state index in [9.17, 15) is 0 Å². The Bertz CT molecular complexity index is 316. The lowest BCUT2D eigenvalue weighted by Gasteiger charge is -2.04. The van der Waals surface area contributed by atoms with Gasteiger partial charge in [0.25, 0.3) is 0 Å². The first-order valence-electron chi connectivity index (χ1n) is 4.38. The molecule has 1 rings (SSSR count). The molecule has 1 aromatic rings. The van der Waals surface area contributed by atoms with Crippen molar-refractivity contribution < 1.29 is 0 Å². The van der Waals surface area contributed by atoms with Crippen LogP contribution in [0.4, 0.5) is 0 Å². The van der Waals surface area contributed by atoms with Gasteiger partial charge in [0.05, 0.1) is 12.1 Å². The minimum Gasteiger partial charge on any atom is -0.305 e. The van der Waals surface area contributed by atoms with Gasteiger partial charge in [-0.3, -0.25) is 0 Å². The Labute approximate surface area is 92.5 Å². The zero-order chi connectivity index (χ0) is 10.4. The van der Waals surface area contributed by atoms with E-state index in [0.717, 1.165) is 22.2 Å². The SMILES string of the molecule is CNC(C#N)CCSc1nc(C)cs1. The van der Waals surface area contributed by atoms with E-state index in [1.165, 1.54) is 0 Å². The number of nitrogens with one attached hydrogen (secondary N) is 1. The second kappa shape index (κ2) is 6.02. The molecule has 0 aliphatic heterocycles. The molecule has 14 heavy (non-hydrogen) atoms. The minimum atomic E-state index is -0.0384. The highest BCUT2D eigenvalue weighted by Crippen LogP contribution is 2.23. The molecule has 1 N–H and O–H groups in total. The summed E-state index contributed by atoms with van der Waals surface area (Å²) in [5, 5.41) is 13.7. The minimum absolute atomic E-state index is 0.0384. The maximum Gasteiger partial charge on any atom is 0.150 e. The molecule has 76 valence electrons. The van der Waals surface area contributed by atoms with E-state index in [4.69, 9.17) is 5.26 Å². The fourth-order valence-electron chi connectivity index (χ4n) is 0.936. The Balaban J connectivity index is 2.25. The summed E-state index contributed by atoms with van der Waals surface area (Å²) in [7, 11) is 1.81. The van der Waals surface area contributed by atoms with Crippen molar-refractivity contribution in [2.24, 2.45) is 0 Å². The first-order chi connectivity index (χ1) is 6.76. The molecule has 1 atom stereocenters. The number of thioether (sulfide) groups is 1. The number of hydrogen-bond acceptors (Lipinski definition) is 5. The highest BCUT2D eigenvalue weighted by Gasteiger charge is 2.05. The number of nitriles is 1. The van der Waals surface area contributed by atoms with Crippen molar-refractivity contribution in [3.05, 3.63) is 11.1 Å². The standard InChI is InChI=1S/C9H13N3S2/c1-7-6-14-9(12-7)13-4-3-8(5-10)11-2/h6,8,11H,3-4H2,1-2H3. The van der Waals surface area contributed by atoms with Crippen molar-refractivity contribution in [1.82, 2.24) is 10.3 Å². The lowest BCUT2D eigenvalue weighted by atomic mass is 10.3. The maximum atomic E-state index is 8.69. The Morgan fingerprint density at radius 3 is 3.07 bits per heavy atom. The van der Waals surface area contributed by atoms with Crippen LogP contribution in [-0.4, -0.2) is 23.8 Å². The van der Waals surface area contributed by atoms with E-state index >= 15 is 0 Å². The highest BCUT2D eigenvalue weighted by atomic mass is 32.2. The average molecular weight is 227 g/mol. The molecule has 0 aromatic carbocycles. The predicted octanol–water partition coefficient (Wildman–Crippen LogP) is 2.05. The van der Waals surface area contributed by atoms with E-state index in [0.29, 0.717) is 0 Å². The van der Waals surface area contributed by atoms with Crippen LogP contribution in [0, 0.1) is 18.3 Å². The Morgan fingerprint density at radius 1 is 1.79 bits per heavy atom. The van der Waals surface area contributed by atoms with Crippen molar-refractivity contribution in [2.75, 3.05) is 12.8 Å². The van der Waals surface area contributed by atoms with Gasteiger partial charge in [0.1, 0.15) is 4.34 Å². The number of aromatic nitrogens is 1. The average Bonchev–Trinajstić information content (AvgIpc) is 2.59. The quantitative estimate of drug-likeness (QED) is 0.782. The molecule has 1 aromatic heterocycles. The zero-order valence-corrected chi connectivity index (χ0v) is 9.91. The van der Waals surface area contributed by atoms with Crippen LogP contribution in [-0.2, 0) is 0 Å². The smallest absolute Gasteiger partial charge is 0.150 e. The Kier molecular flexibility index (Phi) is 4.94. The molecule has 1 unspecified atom stereocenters. The molecule has 0 bridgehead atoms. The molecule has 0 fully saturated rings. The zero-order valence-electron chi connectivity index (χ0n) is 8.28. The van der Waals surface area contributed by atoms with Gasteiger partial charge in [-0.2, -0.15) is 5.26 Å². The van der Waals surface area contributed by atoms with Gasteiger partial charge in [-0.15, -0.1) is 11.3 Å². The summed E-state index contributed by atoms with van der Waals surface area (Å²) in [5.74, 6) is 0.937. The largest absolute Gasteiger partial charge is 0.305 e. The highest BCUT2D eigenvalue weighted by molar-refractivity contribution is 8.01. The molecular formula is C9H13N3S2. The van der Waals surface area contributed by atoms with Crippen LogP contribution in [0.25, 0.3) is 0 Å². The fourth-order valence-corrected chi connectivity index (χ4v) is 2.86. The van der Waals surface area contributed by atoms with Gasteiger partial charge in [-0.1, -0.05) is 11.8 Å². The molecule has 5 heteroatoms. The Morgan fingerprint density at radius 2 is 2.57 bits per heavy atom. The Hall–Kier alpha value is -0.570. The summed E-state index contributed by atoms with van der Waals surface area (Å²) in [4.78, 5) is 4.34. The third kappa shape index (κ3) is 3.66. The van der Waals surface area contributed by atoms with Crippen LogP contribution in [0.1, 0.15) is 12.1 Å². The van der Waals surface area contributed by atoms with Gasteiger partial charge in [-0.05, 0) is 20.4 Å². The second-order valence-electron chi connectivity index (χ2n) is 2.86. The van der Waals surface area contributed by atoms with Crippen LogP contribution in [0.3, 0.4) is 0 Å². The number of rotatable bonds is 5. The summed E-state index contributed by atoms with van der Waals surface area (Å²) >= 11 is 3.38. The molecule has 0 spiro atoms. The van der Waals surface area contributed by atoms with E-state index in [2.05, 4.69) is 16.4 Å². The fraction of sp³-hybridized carbons (Fsp3) is 0.556. The molecule has 1 heterocycles. The van der Waals surface area contributed by atoms with E-state index in [1.54, 1.807) is 23.1 Å². The van der Waals surface area contributed by atoms with Gasteiger partial charge in [0.15, 0.2) is 0 Å². The molecule has 0 saturated carbocycles. The molecule has 3 nitrogen and oxygen atoms in total. The first-order valence-corrected chi connectivity index (χ1v) is 6.24. The van der Waals surface area contributed by atoms with Crippen molar-refractivity contribution in [3.63, 3.8) is 0 Å². The number of thiazole rings is 1. The predicted molar refractivity (Wildman–Crippen MR) is 60.7 cm³/mol. The summed E-state index contributed by atoms with van der Waals surface area (Å²) in [6.45, 7) is 1.99. The summed E-state index contributed by atoms with van der Waals surface area (Å²) < 4.78 is 1.09. The summed E-state index contributed by atoms with van der Waals surface area (Å²) in [6, 6.07) is 2.16. The first kappa shape index (κ1) is 11.5. The van der Waals surface area contributed by atoms with Gasteiger partial charge < -0.3 is 5.32 Å². The van der Waals surface area contributed by atoms with Crippen LogP contribution in [0.2, 0.25) is 0 Å². The van der Waals surface area contributed by atoms with Crippen molar-refractivity contribution >= 4 is 23.1 Å². The van der Waals surface area contributed by atoms with Crippen molar-refractivity contribution in [1.29, 1.82) is 5.26 Å². The normalized spacial score (nSPS) is 12.4. The van der Waals surface area contributed by atoms with Crippen LogP contribution >= 0.6 is 23.1 Å². The van der Waals surface area contributed by atoms with Gasteiger partial charge >= 0.3 is 0 Å². The number of hydrogen-bond donors (Lipinski definition) is 1. The third-order valence-corrected chi connectivity index (χ3v) is 3.91. The lowest BCUT2D eigenvalue weighted by Crippen LogP contribution is -2.23. The monoisotopic (exact) mass is 227 g/mol. The van der Waals surface area contributed by atoms with Gasteiger partial charge in [-0.25, -0.2) is 4.98 Å². The molecule has 0 amide bonds. The second-order valence-corrected chi connectivity index (χ2v) is 5.06. The number of aryl methyl sites for hydroxylation is 1. The van der Waals surface area contributed by atoms with Gasteiger partial charge in [0.2, 0.25) is 0 Å². The van der Waals surface area contributed by atoms with Gasteiger partial charge in [0, 0.05) is 16.8 Å².